The second-order valence-corrected chi connectivity index (χ2v) is 10.8. The van der Waals surface area contributed by atoms with E-state index in [2.05, 4.69) is 39.2 Å². The fourth-order valence-corrected chi connectivity index (χ4v) is 5.96. The van der Waals surface area contributed by atoms with Crippen LogP contribution in [-0.2, 0) is 22.5 Å². The number of aliphatic hydroxyl groups excluding tert-OH is 1. The summed E-state index contributed by atoms with van der Waals surface area (Å²) in [5.74, 6) is 1.57. The van der Waals surface area contributed by atoms with Crippen molar-refractivity contribution in [2.45, 2.75) is 19.4 Å². The van der Waals surface area contributed by atoms with E-state index in [1.807, 2.05) is 35.3 Å². The third-order valence-electron chi connectivity index (χ3n) is 8.23. The molecule has 0 aliphatic carbocycles. The van der Waals surface area contributed by atoms with Gasteiger partial charge in [0.2, 0.25) is 11.9 Å². The maximum absolute atomic E-state index is 12.2. The third-order valence-corrected chi connectivity index (χ3v) is 8.23. The van der Waals surface area contributed by atoms with E-state index in [9.17, 15) is 9.90 Å². The van der Waals surface area contributed by atoms with E-state index in [4.69, 9.17) is 14.7 Å². The topological polar surface area (TPSA) is 97.3 Å². The van der Waals surface area contributed by atoms with Crippen LogP contribution in [0.25, 0.3) is 11.8 Å². The Bertz CT molecular complexity index is 1280. The van der Waals surface area contributed by atoms with Crippen LogP contribution in [-0.4, -0.2) is 114 Å². The molecule has 3 aliphatic heterocycles. The van der Waals surface area contributed by atoms with E-state index in [1.165, 1.54) is 6.08 Å². The Hall–Kier alpha value is -3.73. The molecule has 0 bridgehead atoms. The number of carbonyl (C=O) groups is 1. The third kappa shape index (κ3) is 7.00. The number of hydrogen-bond donors (Lipinski definition) is 2. The van der Waals surface area contributed by atoms with Gasteiger partial charge in [0.1, 0.15) is 5.82 Å². The number of aromatic nitrogens is 2. The van der Waals surface area contributed by atoms with Gasteiger partial charge < -0.3 is 29.9 Å². The minimum Gasteiger partial charge on any atom is -0.392 e. The minimum absolute atomic E-state index is 0.0272. The first-order valence-corrected chi connectivity index (χ1v) is 15.0. The van der Waals surface area contributed by atoms with Crippen LogP contribution in [0.4, 0.5) is 11.8 Å². The molecular formula is C32H43N7O3. The van der Waals surface area contributed by atoms with Crippen molar-refractivity contribution in [1.29, 1.82) is 0 Å². The molecule has 10 nitrogen and oxygen atoms in total. The number of nitrogens with zero attached hydrogens (tertiary/aromatic N) is 6. The maximum Gasteiger partial charge on any atom is 0.246 e. The second kappa shape index (κ2) is 14.4. The average molecular weight is 574 g/mol. The Morgan fingerprint density at radius 3 is 2.55 bits per heavy atom. The largest absolute Gasteiger partial charge is 0.392 e. The van der Waals surface area contributed by atoms with Gasteiger partial charge in [-0.25, -0.2) is 4.98 Å². The van der Waals surface area contributed by atoms with E-state index < -0.39 is 0 Å². The van der Waals surface area contributed by atoms with Gasteiger partial charge in [0.15, 0.2) is 0 Å². The molecule has 0 spiro atoms. The van der Waals surface area contributed by atoms with E-state index in [-0.39, 0.29) is 12.5 Å². The lowest BCUT2D eigenvalue weighted by molar-refractivity contribution is -0.126. The predicted octanol–water partition coefficient (Wildman–Crippen LogP) is 2.48. The lowest BCUT2D eigenvalue weighted by atomic mass is 9.99. The van der Waals surface area contributed by atoms with Crippen LogP contribution >= 0.6 is 0 Å². The number of piperazine rings is 1. The summed E-state index contributed by atoms with van der Waals surface area (Å²) in [4.78, 5) is 31.1. The van der Waals surface area contributed by atoms with Crippen LogP contribution in [0.5, 0.6) is 0 Å². The van der Waals surface area contributed by atoms with E-state index in [0.717, 1.165) is 92.7 Å². The molecule has 1 aromatic carbocycles. The number of ether oxygens (including phenoxy) is 1. The molecule has 1 amide bonds. The molecular weight excluding hydrogens is 530 g/mol. The molecule has 0 unspecified atom stereocenters. The summed E-state index contributed by atoms with van der Waals surface area (Å²) in [6.07, 6.45) is 6.89. The van der Waals surface area contributed by atoms with Crippen molar-refractivity contribution in [2.75, 3.05) is 88.9 Å². The number of anilines is 2. The predicted molar refractivity (Wildman–Crippen MR) is 167 cm³/mol. The standard InChI is InChI=1S/C32H43N7O3/c1-3-25-8-5-6-9-26(25)29(11-21-40)39-14-10-27-28(24-39)34-32(33-12-7-13-36-19-22-42-23-20-36)35-31(27)38-17-15-37(16-18-38)30(41)4-2/h3-6,8-9,11,40H,1-2,7,10,12-24H2,(H,33,34,35)/b29-11+. The van der Waals surface area contributed by atoms with Gasteiger partial charge in [0.05, 0.1) is 32.1 Å². The molecule has 2 fully saturated rings. The zero-order chi connectivity index (χ0) is 29.3. The van der Waals surface area contributed by atoms with Crippen molar-refractivity contribution in [3.8, 4) is 0 Å². The molecule has 42 heavy (non-hydrogen) atoms. The molecule has 0 radical (unpaired) electrons. The van der Waals surface area contributed by atoms with Gasteiger partial charge in [0.25, 0.3) is 0 Å². The molecule has 5 rings (SSSR count). The van der Waals surface area contributed by atoms with Crippen molar-refractivity contribution in [1.82, 2.24) is 24.7 Å². The number of benzene rings is 1. The van der Waals surface area contributed by atoms with Crippen molar-refractivity contribution in [3.63, 3.8) is 0 Å². The molecule has 0 saturated carbocycles. The molecule has 10 heteroatoms. The molecule has 224 valence electrons. The van der Waals surface area contributed by atoms with Gasteiger partial charge in [-0.05, 0) is 37.1 Å². The highest BCUT2D eigenvalue weighted by Gasteiger charge is 2.29. The number of hydrogen-bond acceptors (Lipinski definition) is 9. The lowest BCUT2D eigenvalue weighted by Crippen LogP contribution is -2.49. The summed E-state index contributed by atoms with van der Waals surface area (Å²) in [5, 5.41) is 13.4. The molecule has 3 aliphatic rings. The van der Waals surface area contributed by atoms with Crippen LogP contribution in [0.2, 0.25) is 0 Å². The first-order chi connectivity index (χ1) is 20.6. The molecule has 2 N–H and O–H groups in total. The van der Waals surface area contributed by atoms with Gasteiger partial charge in [-0.2, -0.15) is 4.98 Å². The minimum atomic E-state index is -0.0527. The summed E-state index contributed by atoms with van der Waals surface area (Å²) in [7, 11) is 0. The average Bonchev–Trinajstić information content (AvgIpc) is 3.05. The fraction of sp³-hybridized carbons (Fsp3) is 0.469. The second-order valence-electron chi connectivity index (χ2n) is 10.8. The number of morpholine rings is 1. The highest BCUT2D eigenvalue weighted by Crippen LogP contribution is 2.33. The summed E-state index contributed by atoms with van der Waals surface area (Å²) in [6, 6.07) is 8.13. The van der Waals surface area contributed by atoms with Crippen LogP contribution in [0.15, 0.2) is 49.6 Å². The fourth-order valence-electron chi connectivity index (χ4n) is 5.96. The van der Waals surface area contributed by atoms with E-state index in [1.54, 1.807) is 0 Å². The smallest absolute Gasteiger partial charge is 0.246 e. The number of carbonyl (C=O) groups excluding carboxylic acids is 1. The van der Waals surface area contributed by atoms with Gasteiger partial charge in [0, 0.05) is 69.2 Å². The Labute approximate surface area is 249 Å². The molecule has 0 atom stereocenters. The number of rotatable bonds is 11. The highest BCUT2D eigenvalue weighted by atomic mass is 16.5. The van der Waals surface area contributed by atoms with Crippen molar-refractivity contribution >= 4 is 29.4 Å². The van der Waals surface area contributed by atoms with Crippen LogP contribution < -0.4 is 10.2 Å². The number of nitrogens with one attached hydrogen (secondary N) is 1. The molecule has 2 saturated heterocycles. The Morgan fingerprint density at radius 2 is 1.81 bits per heavy atom. The van der Waals surface area contributed by atoms with Crippen molar-refractivity contribution in [3.05, 3.63) is 72.0 Å². The first-order valence-electron chi connectivity index (χ1n) is 15.0. The number of aliphatic hydroxyl groups is 1. The van der Waals surface area contributed by atoms with Crippen LogP contribution in [0, 0.1) is 0 Å². The number of amides is 1. The highest BCUT2D eigenvalue weighted by molar-refractivity contribution is 5.87. The molecule has 4 heterocycles. The summed E-state index contributed by atoms with van der Waals surface area (Å²) >= 11 is 0. The van der Waals surface area contributed by atoms with Crippen molar-refractivity contribution < 1.29 is 14.6 Å². The van der Waals surface area contributed by atoms with Gasteiger partial charge in [-0.1, -0.05) is 43.5 Å². The van der Waals surface area contributed by atoms with Crippen LogP contribution in [0.3, 0.4) is 0 Å². The van der Waals surface area contributed by atoms with E-state index in [0.29, 0.717) is 38.7 Å². The maximum atomic E-state index is 12.2. The zero-order valence-corrected chi connectivity index (χ0v) is 24.5. The molecule has 1 aromatic heterocycles. The Balaban J connectivity index is 1.38. The molecule has 2 aromatic rings. The van der Waals surface area contributed by atoms with Gasteiger partial charge in [-0.15, -0.1) is 0 Å². The van der Waals surface area contributed by atoms with Gasteiger partial charge >= 0.3 is 0 Å². The van der Waals surface area contributed by atoms with Crippen molar-refractivity contribution in [2.24, 2.45) is 0 Å². The lowest BCUT2D eigenvalue weighted by Gasteiger charge is -2.38. The van der Waals surface area contributed by atoms with E-state index >= 15 is 0 Å². The summed E-state index contributed by atoms with van der Waals surface area (Å²) in [5.41, 5.74) is 5.21. The zero-order valence-electron chi connectivity index (χ0n) is 24.5. The Morgan fingerprint density at radius 1 is 1.02 bits per heavy atom. The first kappa shape index (κ1) is 29.8. The quantitative estimate of drug-likeness (QED) is 0.310. The van der Waals surface area contributed by atoms with Gasteiger partial charge in [-0.3, -0.25) is 9.69 Å². The summed E-state index contributed by atoms with van der Waals surface area (Å²) in [6.45, 7) is 17.0. The van der Waals surface area contributed by atoms with Crippen LogP contribution in [0.1, 0.15) is 28.8 Å². The Kier molecular flexibility index (Phi) is 10.2. The normalized spacial score (nSPS) is 18.0. The summed E-state index contributed by atoms with van der Waals surface area (Å²) < 4.78 is 5.47. The number of fused-ring (bicyclic) bond motifs is 1. The monoisotopic (exact) mass is 573 g/mol. The SMILES string of the molecule is C=CC(=O)N1CCN(c2nc(NCCCN3CCOCC3)nc3c2CCN(/C(=C/CO)c2ccccc2C=C)C3)CC1.